The van der Waals surface area contributed by atoms with Crippen LogP contribution in [0.25, 0.3) is 10.8 Å². The van der Waals surface area contributed by atoms with Crippen molar-refractivity contribution in [3.05, 3.63) is 72.7 Å². The normalized spacial score (nSPS) is 12.9. The molecule has 5 aromatic rings. The number of fused-ring (bicyclic) bond motifs is 1. The number of halogens is 1. The zero-order chi connectivity index (χ0) is 46.7. The van der Waals surface area contributed by atoms with Gasteiger partial charge in [0.1, 0.15) is 31.7 Å². The number of sulfone groups is 1. The summed E-state index contributed by atoms with van der Waals surface area (Å²) in [5, 5.41) is 30.6. The molecule has 0 bridgehead atoms. The molecule has 1 heterocycles. The summed E-state index contributed by atoms with van der Waals surface area (Å²) in [5.74, 6) is -2.40. The van der Waals surface area contributed by atoms with E-state index in [1.54, 1.807) is 0 Å². The Morgan fingerprint density at radius 2 is 1.30 bits per heavy atom. The van der Waals surface area contributed by atoms with Crippen LogP contribution in [0.4, 0.5) is 50.4 Å². The third kappa shape index (κ3) is 12.0. The standard InChI is InChI=1S/C31H29FN10O16S5/c1-2-59(44,45)12-11-58-10-9-34-30-36-29(32)37-31(38-30)35-18-5-8-20(21(15-18)61(49,50)51)40-42-27-23(63(55,56)57)14-16-13-22(62(52,53)54)26(25(33)24(16)28(27)43)41-39-17-3-6-19(7-4-17)60(46,47)48/h2-8,13-15,43H,1,9-12,33H2,(H,46,47,48)(H,49,50,51)(H,52,53,54)(H,55,56,57)(H2,34,35,36,37,38). The Morgan fingerprint density at radius 3 is 1.89 bits per heavy atom. The highest BCUT2D eigenvalue weighted by Gasteiger charge is 2.28. The number of hydrogen-bond donors (Lipinski definition) is 8. The van der Waals surface area contributed by atoms with Gasteiger partial charge in [-0.15, -0.1) is 15.3 Å². The van der Waals surface area contributed by atoms with Gasteiger partial charge in [-0.3, -0.25) is 18.2 Å². The first kappa shape index (κ1) is 47.8. The van der Waals surface area contributed by atoms with Gasteiger partial charge in [0.2, 0.25) is 11.9 Å². The highest BCUT2D eigenvalue weighted by atomic mass is 32.2. The maximum absolute atomic E-state index is 14.3. The van der Waals surface area contributed by atoms with Gasteiger partial charge in [0.25, 0.3) is 40.5 Å². The Kier molecular flexibility index (Phi) is 13.8. The Labute approximate surface area is 355 Å². The molecule has 0 aliphatic heterocycles. The number of azo groups is 2. The molecule has 0 radical (unpaired) electrons. The number of anilines is 4. The molecule has 0 aliphatic carbocycles. The van der Waals surface area contributed by atoms with E-state index < -0.39 is 121 Å². The molecular formula is C31H29FN10O16S5. The summed E-state index contributed by atoms with van der Waals surface area (Å²) in [6.45, 7) is 2.92. The second-order valence-electron chi connectivity index (χ2n) is 12.2. The lowest BCUT2D eigenvalue weighted by Gasteiger charge is -2.14. The predicted octanol–water partition coefficient (Wildman–Crippen LogP) is 4.00. The maximum atomic E-state index is 14.3. The number of phenols is 1. The summed E-state index contributed by atoms with van der Waals surface area (Å²) >= 11 is 0. The SMILES string of the molecule is C=CS(=O)(=O)CCOCCNc1nc(F)nc(Nc2ccc(N=Nc3c(S(=O)(=O)O)cc4cc(S(=O)(=O)O)c(N=Nc5ccc(S(=O)(=O)O)cc5)c(N)c4c3O)c(S(=O)(=O)O)c2)n1. The number of hydrogen-bond acceptors (Lipinski definition) is 22. The van der Waals surface area contributed by atoms with Gasteiger partial charge in [0.05, 0.1) is 40.6 Å². The van der Waals surface area contributed by atoms with Gasteiger partial charge in [0, 0.05) is 17.6 Å². The van der Waals surface area contributed by atoms with E-state index in [0.29, 0.717) is 12.1 Å². The topological polar surface area (TPSA) is 419 Å². The number of rotatable bonds is 18. The van der Waals surface area contributed by atoms with Crippen LogP contribution in [0.5, 0.6) is 5.75 Å². The highest BCUT2D eigenvalue weighted by molar-refractivity contribution is 7.94. The van der Waals surface area contributed by atoms with E-state index in [1.165, 1.54) is 0 Å². The van der Waals surface area contributed by atoms with Crippen molar-refractivity contribution in [3.8, 4) is 5.75 Å². The molecule has 32 heteroatoms. The molecule has 63 heavy (non-hydrogen) atoms. The second kappa shape index (κ2) is 18.2. The zero-order valence-corrected chi connectivity index (χ0v) is 35.2. The van der Waals surface area contributed by atoms with Gasteiger partial charge >= 0.3 is 6.08 Å². The van der Waals surface area contributed by atoms with Crippen LogP contribution in [0.15, 0.2) is 107 Å². The fourth-order valence-corrected chi connectivity index (χ4v) is 8.07. The van der Waals surface area contributed by atoms with Crippen LogP contribution in [0.2, 0.25) is 0 Å². The van der Waals surface area contributed by atoms with Crippen molar-refractivity contribution in [1.82, 2.24) is 15.0 Å². The first-order chi connectivity index (χ1) is 29.2. The monoisotopic (exact) mass is 976 g/mol. The molecular weight excluding hydrogens is 948 g/mol. The lowest BCUT2D eigenvalue weighted by atomic mass is 10.1. The number of benzene rings is 4. The van der Waals surface area contributed by atoms with Crippen LogP contribution < -0.4 is 16.4 Å². The number of nitrogen functional groups attached to an aromatic ring is 1. The molecule has 0 spiro atoms. The van der Waals surface area contributed by atoms with Crippen molar-refractivity contribution in [2.24, 2.45) is 20.5 Å². The fraction of sp³-hybridized carbons (Fsp3) is 0.129. The number of nitrogens with two attached hydrogens (primary N) is 1. The van der Waals surface area contributed by atoms with Gasteiger partial charge in [-0.05, 0) is 60.0 Å². The summed E-state index contributed by atoms with van der Waals surface area (Å²) in [6.07, 6.45) is -1.31. The van der Waals surface area contributed by atoms with Crippen molar-refractivity contribution in [3.63, 3.8) is 0 Å². The smallest absolute Gasteiger partial charge is 0.315 e. The molecule has 0 saturated carbocycles. The van der Waals surface area contributed by atoms with Crippen molar-refractivity contribution in [2.75, 3.05) is 41.9 Å². The number of ether oxygens (including phenoxy) is 1. The number of nitrogens with one attached hydrogen (secondary N) is 2. The first-order valence-corrected chi connectivity index (χ1v) is 24.1. The van der Waals surface area contributed by atoms with Crippen LogP contribution >= 0.6 is 0 Å². The van der Waals surface area contributed by atoms with Crippen molar-refractivity contribution >= 4 is 107 Å². The molecule has 0 unspecified atom stereocenters. The highest BCUT2D eigenvalue weighted by Crippen LogP contribution is 2.48. The minimum atomic E-state index is -5.42. The van der Waals surface area contributed by atoms with Gasteiger partial charge in [-0.1, -0.05) is 6.58 Å². The minimum Gasteiger partial charge on any atom is -0.505 e. The van der Waals surface area contributed by atoms with Crippen LogP contribution in [0, 0.1) is 6.08 Å². The van der Waals surface area contributed by atoms with Crippen LogP contribution in [-0.2, 0) is 55.0 Å². The molecule has 0 saturated heterocycles. The molecule has 0 fully saturated rings. The van der Waals surface area contributed by atoms with E-state index in [1.807, 2.05) is 0 Å². The van der Waals surface area contributed by atoms with E-state index in [4.69, 9.17) is 10.5 Å². The number of phenolic OH excluding ortho intramolecular Hbond substituents is 1. The van der Waals surface area contributed by atoms with Gasteiger partial charge < -0.3 is 26.2 Å². The van der Waals surface area contributed by atoms with Crippen molar-refractivity contribution in [2.45, 2.75) is 19.6 Å². The average molecular weight is 977 g/mol. The minimum absolute atomic E-state index is 0.0287. The van der Waals surface area contributed by atoms with Gasteiger partial charge in [-0.2, -0.15) is 58.1 Å². The Hall–Kier alpha value is -6.23. The summed E-state index contributed by atoms with van der Waals surface area (Å²) < 4.78 is 179. The second-order valence-corrected chi connectivity index (χ2v) is 19.9. The quantitative estimate of drug-likeness (QED) is 0.0266. The third-order valence-electron chi connectivity index (χ3n) is 7.93. The van der Waals surface area contributed by atoms with E-state index in [-0.39, 0.29) is 42.8 Å². The number of aromatic hydroxyl groups is 1. The van der Waals surface area contributed by atoms with E-state index in [2.05, 4.69) is 52.6 Å². The summed E-state index contributed by atoms with van der Waals surface area (Å²) in [4.78, 5) is 6.88. The molecule has 4 aromatic carbocycles. The lowest BCUT2D eigenvalue weighted by molar-refractivity contribution is 0.159. The summed E-state index contributed by atoms with van der Waals surface area (Å²) in [6, 6.07) is 7.71. The molecule has 5 rings (SSSR count). The number of aromatic nitrogens is 3. The lowest BCUT2D eigenvalue weighted by Crippen LogP contribution is -2.16. The molecule has 0 amide bonds. The first-order valence-electron chi connectivity index (χ1n) is 16.6. The van der Waals surface area contributed by atoms with Gasteiger partial charge in [-0.25, -0.2) is 8.42 Å². The summed E-state index contributed by atoms with van der Waals surface area (Å²) in [5.41, 5.74) is 2.25. The Balaban J connectivity index is 1.52. The van der Waals surface area contributed by atoms with Crippen LogP contribution in [-0.4, -0.2) is 106 Å². The van der Waals surface area contributed by atoms with E-state index >= 15 is 0 Å². The Morgan fingerprint density at radius 1 is 0.714 bits per heavy atom. The number of nitrogens with zero attached hydrogens (tertiary/aromatic N) is 7. The molecule has 0 atom stereocenters. The van der Waals surface area contributed by atoms with Crippen molar-refractivity contribution in [1.29, 1.82) is 0 Å². The predicted molar refractivity (Wildman–Crippen MR) is 217 cm³/mol. The third-order valence-corrected chi connectivity index (χ3v) is 12.7. The molecule has 9 N–H and O–H groups in total. The molecule has 0 aliphatic rings. The van der Waals surface area contributed by atoms with Gasteiger partial charge in [0.15, 0.2) is 15.6 Å². The fourth-order valence-electron chi connectivity index (χ4n) is 5.09. The molecule has 26 nitrogen and oxygen atoms in total. The zero-order valence-electron chi connectivity index (χ0n) is 31.2. The van der Waals surface area contributed by atoms with E-state index in [9.17, 15) is 69.8 Å². The average Bonchev–Trinajstić information content (AvgIpc) is 3.17. The van der Waals surface area contributed by atoms with Crippen molar-refractivity contribution < 1.29 is 74.5 Å². The molecule has 1 aromatic heterocycles. The van der Waals surface area contributed by atoms with Crippen LogP contribution in [0.1, 0.15) is 0 Å². The molecule has 336 valence electrons. The van der Waals surface area contributed by atoms with Crippen LogP contribution in [0.3, 0.4) is 0 Å². The Bertz CT molecular complexity index is 3280. The largest absolute Gasteiger partial charge is 0.505 e. The summed E-state index contributed by atoms with van der Waals surface area (Å²) in [7, 11) is -24.0. The maximum Gasteiger partial charge on any atom is 0.315 e. The van der Waals surface area contributed by atoms with E-state index in [0.717, 1.165) is 47.9 Å².